The average molecular weight is 386 g/mol. The first-order valence-corrected chi connectivity index (χ1v) is 9.17. The van der Waals surface area contributed by atoms with Gasteiger partial charge in [-0.2, -0.15) is 5.10 Å². The monoisotopic (exact) mass is 386 g/mol. The fraction of sp³-hybridized carbons (Fsp3) is 0.350. The molecule has 0 amide bonds. The number of aromatic hydroxyl groups is 1. The van der Waals surface area contributed by atoms with Gasteiger partial charge in [0.1, 0.15) is 23.8 Å². The van der Waals surface area contributed by atoms with Crippen molar-refractivity contribution in [2.75, 3.05) is 0 Å². The van der Waals surface area contributed by atoms with Gasteiger partial charge < -0.3 is 9.84 Å². The average Bonchev–Trinajstić information content (AvgIpc) is 3.12. The van der Waals surface area contributed by atoms with E-state index in [9.17, 15) is 13.9 Å². The van der Waals surface area contributed by atoms with Crippen LogP contribution in [0, 0.1) is 5.82 Å². The van der Waals surface area contributed by atoms with Gasteiger partial charge in [0.25, 0.3) is 0 Å². The summed E-state index contributed by atoms with van der Waals surface area (Å²) in [5.41, 5.74) is 1.31. The second kappa shape index (κ2) is 7.53. The standard InChI is InChI=1S/C20H20F2N4O2/c1-26-11-12(10-23-26)13-9-18(27)14(8-16(13)22)17-6-7-20(25-24-17)28-19-5-3-2-4-15(19)21/h6-11,15,19,27H,2-5H2,1H3/t15-,19+/m1/s1. The third kappa shape index (κ3) is 3.67. The molecule has 28 heavy (non-hydrogen) atoms. The highest BCUT2D eigenvalue weighted by atomic mass is 19.1. The van der Waals surface area contributed by atoms with Crippen LogP contribution in [0.15, 0.2) is 36.7 Å². The number of hydrogen-bond acceptors (Lipinski definition) is 5. The molecule has 0 saturated heterocycles. The van der Waals surface area contributed by atoms with Crippen molar-refractivity contribution in [1.82, 2.24) is 20.0 Å². The molecule has 3 aromatic rings. The number of ether oxygens (including phenoxy) is 1. The first kappa shape index (κ1) is 18.3. The van der Waals surface area contributed by atoms with Crippen LogP contribution in [0.4, 0.5) is 8.78 Å². The molecule has 8 heteroatoms. The Labute approximate surface area is 160 Å². The zero-order chi connectivity index (χ0) is 19.7. The van der Waals surface area contributed by atoms with E-state index in [1.807, 2.05) is 0 Å². The maximum Gasteiger partial charge on any atom is 0.233 e. The third-order valence-electron chi connectivity index (χ3n) is 4.91. The number of phenolic OH excluding ortho intramolecular Hbond substituents is 1. The molecule has 4 rings (SSSR count). The lowest BCUT2D eigenvalue weighted by Gasteiger charge is -2.25. The van der Waals surface area contributed by atoms with E-state index >= 15 is 0 Å². The van der Waals surface area contributed by atoms with Crippen LogP contribution in [0.25, 0.3) is 22.4 Å². The number of benzene rings is 1. The second-order valence-corrected chi connectivity index (χ2v) is 6.97. The van der Waals surface area contributed by atoms with Crippen molar-refractivity contribution in [3.8, 4) is 34.0 Å². The molecular weight excluding hydrogens is 366 g/mol. The minimum absolute atomic E-state index is 0.126. The summed E-state index contributed by atoms with van der Waals surface area (Å²) in [6, 6.07) is 5.66. The van der Waals surface area contributed by atoms with Crippen LogP contribution >= 0.6 is 0 Å². The molecule has 1 fully saturated rings. The van der Waals surface area contributed by atoms with Crippen molar-refractivity contribution in [2.24, 2.45) is 7.05 Å². The number of rotatable bonds is 4. The number of nitrogens with zero attached hydrogens (tertiary/aromatic N) is 4. The summed E-state index contributed by atoms with van der Waals surface area (Å²) in [5.74, 6) is -0.421. The maximum atomic E-state index is 14.6. The number of hydrogen-bond donors (Lipinski definition) is 1. The Morgan fingerprint density at radius 2 is 1.96 bits per heavy atom. The molecule has 0 unspecified atom stereocenters. The van der Waals surface area contributed by atoms with E-state index in [0.29, 0.717) is 24.1 Å². The molecule has 6 nitrogen and oxygen atoms in total. The van der Waals surface area contributed by atoms with Crippen molar-refractivity contribution < 1.29 is 18.6 Å². The summed E-state index contributed by atoms with van der Waals surface area (Å²) < 4.78 is 35.6. The highest BCUT2D eigenvalue weighted by Gasteiger charge is 2.27. The molecule has 0 bridgehead atoms. The summed E-state index contributed by atoms with van der Waals surface area (Å²) in [6.45, 7) is 0. The second-order valence-electron chi connectivity index (χ2n) is 6.97. The SMILES string of the molecule is Cn1cc(-c2cc(O)c(-c3ccc(O[C@H]4CCCC[C@H]4F)nn3)cc2F)cn1. The Kier molecular flexibility index (Phi) is 4.93. The highest BCUT2D eigenvalue weighted by molar-refractivity contribution is 5.74. The molecule has 2 atom stereocenters. The number of aromatic nitrogens is 4. The molecule has 1 N–H and O–H groups in total. The zero-order valence-electron chi connectivity index (χ0n) is 15.3. The van der Waals surface area contributed by atoms with Crippen LogP contribution < -0.4 is 4.74 Å². The van der Waals surface area contributed by atoms with Crippen LogP contribution in [0.3, 0.4) is 0 Å². The van der Waals surface area contributed by atoms with E-state index < -0.39 is 18.1 Å². The normalized spacial score (nSPS) is 19.5. The number of halogens is 2. The lowest BCUT2D eigenvalue weighted by Crippen LogP contribution is -2.32. The number of alkyl halides is 1. The van der Waals surface area contributed by atoms with E-state index in [4.69, 9.17) is 4.74 Å². The summed E-state index contributed by atoms with van der Waals surface area (Å²) in [7, 11) is 1.73. The van der Waals surface area contributed by atoms with Crippen molar-refractivity contribution in [2.45, 2.75) is 38.0 Å². The maximum absolute atomic E-state index is 14.6. The smallest absolute Gasteiger partial charge is 0.233 e. The van der Waals surface area contributed by atoms with Crippen molar-refractivity contribution in [3.05, 3.63) is 42.5 Å². The highest BCUT2D eigenvalue weighted by Crippen LogP contribution is 2.35. The van der Waals surface area contributed by atoms with Gasteiger partial charge in [-0.3, -0.25) is 4.68 Å². The van der Waals surface area contributed by atoms with Gasteiger partial charge >= 0.3 is 0 Å². The molecule has 146 valence electrons. The largest absolute Gasteiger partial charge is 0.507 e. The van der Waals surface area contributed by atoms with Crippen LogP contribution in [0.2, 0.25) is 0 Å². The van der Waals surface area contributed by atoms with E-state index in [2.05, 4.69) is 15.3 Å². The van der Waals surface area contributed by atoms with Gasteiger partial charge in [0.2, 0.25) is 5.88 Å². The summed E-state index contributed by atoms with van der Waals surface area (Å²) in [6.07, 6.45) is 4.59. The van der Waals surface area contributed by atoms with Gasteiger partial charge in [0.15, 0.2) is 0 Å². The number of aryl methyl sites for hydroxylation is 1. The fourth-order valence-corrected chi connectivity index (χ4v) is 3.41. The van der Waals surface area contributed by atoms with Gasteiger partial charge in [-0.25, -0.2) is 8.78 Å². The predicted molar refractivity (Wildman–Crippen MR) is 99.1 cm³/mol. The molecule has 0 spiro atoms. The van der Waals surface area contributed by atoms with Crippen molar-refractivity contribution >= 4 is 0 Å². The Balaban J connectivity index is 1.56. The molecule has 0 aliphatic heterocycles. The Bertz CT molecular complexity index is 975. The molecule has 1 aliphatic carbocycles. The fourth-order valence-electron chi connectivity index (χ4n) is 3.41. The minimum Gasteiger partial charge on any atom is -0.507 e. The molecule has 2 heterocycles. The van der Waals surface area contributed by atoms with Gasteiger partial charge in [-0.15, -0.1) is 10.2 Å². The number of phenols is 1. The molecule has 1 saturated carbocycles. The Morgan fingerprint density at radius 3 is 2.64 bits per heavy atom. The summed E-state index contributed by atoms with van der Waals surface area (Å²) in [4.78, 5) is 0. The van der Waals surface area contributed by atoms with Crippen molar-refractivity contribution in [3.63, 3.8) is 0 Å². The molecule has 0 radical (unpaired) electrons. The van der Waals surface area contributed by atoms with Gasteiger partial charge in [-0.05, 0) is 37.5 Å². The summed E-state index contributed by atoms with van der Waals surface area (Å²) >= 11 is 0. The van der Waals surface area contributed by atoms with Crippen LogP contribution in [0.5, 0.6) is 11.6 Å². The molecule has 2 aromatic heterocycles. The molecular formula is C20H20F2N4O2. The topological polar surface area (TPSA) is 73.1 Å². The lowest BCUT2D eigenvalue weighted by atomic mass is 9.96. The van der Waals surface area contributed by atoms with Crippen LogP contribution in [-0.2, 0) is 7.05 Å². The van der Waals surface area contributed by atoms with Crippen molar-refractivity contribution in [1.29, 1.82) is 0 Å². The first-order valence-electron chi connectivity index (χ1n) is 9.17. The third-order valence-corrected chi connectivity index (χ3v) is 4.91. The van der Waals surface area contributed by atoms with Gasteiger partial charge in [-0.1, -0.05) is 6.42 Å². The molecule has 1 aliphatic rings. The van der Waals surface area contributed by atoms with Crippen LogP contribution in [0.1, 0.15) is 25.7 Å². The first-order chi connectivity index (χ1) is 13.5. The van der Waals surface area contributed by atoms with E-state index in [0.717, 1.165) is 12.8 Å². The zero-order valence-corrected chi connectivity index (χ0v) is 15.3. The summed E-state index contributed by atoms with van der Waals surface area (Å²) in [5, 5.41) is 22.3. The van der Waals surface area contributed by atoms with E-state index in [1.54, 1.807) is 30.1 Å². The van der Waals surface area contributed by atoms with E-state index in [-0.39, 0.29) is 22.8 Å². The Hall–Kier alpha value is -3.03. The predicted octanol–water partition coefficient (Wildman–Crippen LogP) is 4.05. The minimum atomic E-state index is -1.01. The quantitative estimate of drug-likeness (QED) is 0.732. The Morgan fingerprint density at radius 1 is 1.14 bits per heavy atom. The van der Waals surface area contributed by atoms with Gasteiger partial charge in [0.05, 0.1) is 11.9 Å². The van der Waals surface area contributed by atoms with Crippen LogP contribution in [-0.4, -0.2) is 37.4 Å². The molecule has 1 aromatic carbocycles. The lowest BCUT2D eigenvalue weighted by molar-refractivity contribution is 0.0594. The van der Waals surface area contributed by atoms with E-state index in [1.165, 1.54) is 18.3 Å². The van der Waals surface area contributed by atoms with Gasteiger partial charge in [0, 0.05) is 36.0 Å².